The van der Waals surface area contributed by atoms with Crippen molar-refractivity contribution in [3.05, 3.63) is 23.8 Å². The summed E-state index contributed by atoms with van der Waals surface area (Å²) < 4.78 is 16.3. The number of carboxylic acid groups (broad SMARTS) is 1. The third kappa shape index (κ3) is 4.13. The first-order valence-electron chi connectivity index (χ1n) is 7.71. The molecule has 0 bridgehead atoms. The van der Waals surface area contributed by atoms with Gasteiger partial charge in [-0.25, -0.2) is 0 Å². The van der Waals surface area contributed by atoms with Crippen LogP contribution in [-0.2, 0) is 16.0 Å². The molecule has 1 saturated carbocycles. The smallest absolute Gasteiger partial charge is 0.309 e. The van der Waals surface area contributed by atoms with Crippen LogP contribution >= 0.6 is 0 Å². The molecule has 5 nitrogen and oxygen atoms in total. The van der Waals surface area contributed by atoms with Gasteiger partial charge in [-0.15, -0.1) is 0 Å². The molecular formula is C17H24O5. The number of carboxylic acids is 1. The Kier molecular flexibility index (Phi) is 6.07. The van der Waals surface area contributed by atoms with Gasteiger partial charge in [0.1, 0.15) is 0 Å². The number of benzene rings is 1. The summed E-state index contributed by atoms with van der Waals surface area (Å²) >= 11 is 0. The summed E-state index contributed by atoms with van der Waals surface area (Å²) in [5.74, 6) is 0.293. The average molecular weight is 308 g/mol. The summed E-state index contributed by atoms with van der Waals surface area (Å²) in [7, 11) is 3.22. The summed E-state index contributed by atoms with van der Waals surface area (Å²) in [5.41, 5.74) is 1.08. The number of carbonyl (C=O) groups is 1. The second-order valence-electron chi connectivity index (χ2n) is 5.58. The number of aliphatic carboxylic acids is 1. The highest BCUT2D eigenvalue weighted by Crippen LogP contribution is 2.29. The Bertz CT molecular complexity index is 500. The normalized spacial score (nSPS) is 21.4. The fraction of sp³-hybridized carbons (Fsp3) is 0.588. The molecule has 1 unspecified atom stereocenters. The van der Waals surface area contributed by atoms with Crippen molar-refractivity contribution in [2.75, 3.05) is 20.8 Å². The SMILES string of the molecule is COc1ccc(CCOC2CCCC[C@H]2C(=O)O)cc1OC. The van der Waals surface area contributed by atoms with Crippen LogP contribution in [0.15, 0.2) is 18.2 Å². The van der Waals surface area contributed by atoms with Crippen LogP contribution in [0.2, 0.25) is 0 Å². The molecule has 1 aliphatic rings. The Hall–Kier alpha value is -1.75. The molecule has 122 valence electrons. The fourth-order valence-electron chi connectivity index (χ4n) is 2.94. The Morgan fingerprint density at radius 3 is 2.59 bits per heavy atom. The van der Waals surface area contributed by atoms with Gasteiger partial charge < -0.3 is 19.3 Å². The molecule has 5 heteroatoms. The second kappa shape index (κ2) is 8.03. The van der Waals surface area contributed by atoms with Gasteiger partial charge in [0.05, 0.1) is 32.8 Å². The van der Waals surface area contributed by atoms with Crippen LogP contribution in [0.4, 0.5) is 0 Å². The molecule has 0 radical (unpaired) electrons. The number of rotatable bonds is 7. The van der Waals surface area contributed by atoms with Crippen molar-refractivity contribution < 1.29 is 24.1 Å². The van der Waals surface area contributed by atoms with Gasteiger partial charge in [0, 0.05) is 0 Å². The fourth-order valence-corrected chi connectivity index (χ4v) is 2.94. The number of hydrogen-bond acceptors (Lipinski definition) is 4. The maximum Gasteiger partial charge on any atom is 0.309 e. The monoisotopic (exact) mass is 308 g/mol. The summed E-state index contributed by atoms with van der Waals surface area (Å²) in [6, 6.07) is 5.77. The number of methoxy groups -OCH3 is 2. The molecule has 2 rings (SSSR count). The maximum atomic E-state index is 11.2. The van der Waals surface area contributed by atoms with Crippen molar-refractivity contribution in [1.82, 2.24) is 0 Å². The lowest BCUT2D eigenvalue weighted by atomic mass is 9.86. The molecule has 2 atom stereocenters. The highest BCUT2D eigenvalue weighted by Gasteiger charge is 2.31. The van der Waals surface area contributed by atoms with E-state index in [0.29, 0.717) is 18.1 Å². The van der Waals surface area contributed by atoms with Crippen LogP contribution in [0.25, 0.3) is 0 Å². The lowest BCUT2D eigenvalue weighted by molar-refractivity contribution is -0.149. The van der Waals surface area contributed by atoms with E-state index in [-0.39, 0.29) is 12.0 Å². The average Bonchev–Trinajstić information content (AvgIpc) is 2.55. The van der Waals surface area contributed by atoms with Crippen LogP contribution < -0.4 is 9.47 Å². The van der Waals surface area contributed by atoms with Crippen molar-refractivity contribution >= 4 is 5.97 Å². The topological polar surface area (TPSA) is 65.0 Å². The molecule has 0 aliphatic heterocycles. The zero-order valence-electron chi connectivity index (χ0n) is 13.2. The summed E-state index contributed by atoms with van der Waals surface area (Å²) in [6.45, 7) is 0.518. The van der Waals surface area contributed by atoms with Crippen molar-refractivity contribution in [2.45, 2.75) is 38.2 Å². The predicted molar refractivity (Wildman–Crippen MR) is 82.6 cm³/mol. The van der Waals surface area contributed by atoms with E-state index in [1.165, 1.54) is 0 Å². The number of ether oxygens (including phenoxy) is 3. The van der Waals surface area contributed by atoms with E-state index < -0.39 is 5.97 Å². The Morgan fingerprint density at radius 1 is 1.18 bits per heavy atom. The molecular weight excluding hydrogens is 284 g/mol. The molecule has 0 heterocycles. The molecule has 1 fully saturated rings. The predicted octanol–water partition coefficient (Wildman–Crippen LogP) is 2.91. The van der Waals surface area contributed by atoms with E-state index in [9.17, 15) is 9.90 Å². The van der Waals surface area contributed by atoms with Crippen LogP contribution in [-0.4, -0.2) is 38.0 Å². The molecule has 1 N–H and O–H groups in total. The highest BCUT2D eigenvalue weighted by atomic mass is 16.5. The lowest BCUT2D eigenvalue weighted by Crippen LogP contribution is -2.34. The summed E-state index contributed by atoms with van der Waals surface area (Å²) in [5, 5.41) is 9.24. The van der Waals surface area contributed by atoms with Gasteiger partial charge in [-0.1, -0.05) is 18.9 Å². The first kappa shape index (κ1) is 16.6. The van der Waals surface area contributed by atoms with E-state index >= 15 is 0 Å². The number of hydrogen-bond donors (Lipinski definition) is 1. The van der Waals surface area contributed by atoms with E-state index in [1.54, 1.807) is 14.2 Å². The van der Waals surface area contributed by atoms with Crippen LogP contribution in [0.1, 0.15) is 31.2 Å². The second-order valence-corrected chi connectivity index (χ2v) is 5.58. The van der Waals surface area contributed by atoms with Gasteiger partial charge in [-0.3, -0.25) is 4.79 Å². The third-order valence-electron chi connectivity index (χ3n) is 4.19. The molecule has 0 aromatic heterocycles. The van der Waals surface area contributed by atoms with Crippen molar-refractivity contribution in [1.29, 1.82) is 0 Å². The molecule has 1 aromatic rings. The molecule has 0 saturated heterocycles. The molecule has 1 aromatic carbocycles. The van der Waals surface area contributed by atoms with E-state index in [4.69, 9.17) is 14.2 Å². The van der Waals surface area contributed by atoms with Gasteiger partial charge in [0.15, 0.2) is 11.5 Å². The van der Waals surface area contributed by atoms with Gasteiger partial charge in [0.2, 0.25) is 0 Å². The highest BCUT2D eigenvalue weighted by molar-refractivity contribution is 5.70. The Balaban J connectivity index is 1.89. The minimum atomic E-state index is -0.740. The molecule has 1 aliphatic carbocycles. The van der Waals surface area contributed by atoms with E-state index in [0.717, 1.165) is 37.7 Å². The zero-order valence-corrected chi connectivity index (χ0v) is 13.2. The molecule has 0 amide bonds. The first-order valence-corrected chi connectivity index (χ1v) is 7.71. The lowest BCUT2D eigenvalue weighted by Gasteiger charge is -2.28. The minimum absolute atomic E-state index is 0.161. The van der Waals surface area contributed by atoms with Crippen LogP contribution in [0.3, 0.4) is 0 Å². The minimum Gasteiger partial charge on any atom is -0.493 e. The van der Waals surface area contributed by atoms with Crippen molar-refractivity contribution in [2.24, 2.45) is 5.92 Å². The summed E-state index contributed by atoms with van der Waals surface area (Å²) in [6.07, 6.45) is 4.14. The Morgan fingerprint density at radius 2 is 1.91 bits per heavy atom. The van der Waals surface area contributed by atoms with Crippen LogP contribution in [0.5, 0.6) is 11.5 Å². The summed E-state index contributed by atoms with van der Waals surface area (Å²) in [4.78, 5) is 11.2. The van der Waals surface area contributed by atoms with E-state index in [2.05, 4.69) is 0 Å². The zero-order chi connectivity index (χ0) is 15.9. The van der Waals surface area contributed by atoms with Crippen molar-refractivity contribution in [3.63, 3.8) is 0 Å². The first-order chi connectivity index (χ1) is 10.7. The van der Waals surface area contributed by atoms with Crippen molar-refractivity contribution in [3.8, 4) is 11.5 Å². The van der Waals surface area contributed by atoms with Gasteiger partial charge >= 0.3 is 5.97 Å². The van der Waals surface area contributed by atoms with Crippen LogP contribution in [0, 0.1) is 5.92 Å². The Labute approximate surface area is 131 Å². The largest absolute Gasteiger partial charge is 0.493 e. The van der Waals surface area contributed by atoms with Gasteiger partial charge in [-0.2, -0.15) is 0 Å². The third-order valence-corrected chi connectivity index (χ3v) is 4.19. The molecule has 22 heavy (non-hydrogen) atoms. The molecule has 0 spiro atoms. The van der Waals surface area contributed by atoms with E-state index in [1.807, 2.05) is 18.2 Å². The standard InChI is InChI=1S/C17H24O5/c1-20-15-8-7-12(11-16(15)21-2)9-10-22-14-6-4-3-5-13(14)17(18)19/h7-8,11,13-14H,3-6,9-10H2,1-2H3,(H,18,19)/t13-,14?/m1/s1. The quantitative estimate of drug-likeness (QED) is 0.839. The van der Waals surface area contributed by atoms with Gasteiger partial charge in [-0.05, 0) is 37.0 Å². The maximum absolute atomic E-state index is 11.2. The van der Waals surface area contributed by atoms with Gasteiger partial charge in [0.25, 0.3) is 0 Å².